The van der Waals surface area contributed by atoms with Gasteiger partial charge in [0.25, 0.3) is 0 Å². The lowest BCUT2D eigenvalue weighted by atomic mass is 10.1. The van der Waals surface area contributed by atoms with E-state index in [1.165, 1.54) is 0 Å². The van der Waals surface area contributed by atoms with Crippen molar-refractivity contribution in [3.63, 3.8) is 0 Å². The Morgan fingerprint density at radius 2 is 2.00 bits per heavy atom. The van der Waals surface area contributed by atoms with Crippen molar-refractivity contribution in [3.8, 4) is 0 Å². The Labute approximate surface area is 125 Å². The van der Waals surface area contributed by atoms with Crippen LogP contribution in [0, 0.1) is 5.92 Å². The predicted molar refractivity (Wildman–Crippen MR) is 83.5 cm³/mol. The molecule has 0 radical (unpaired) electrons. The molecule has 0 heterocycles. The first-order chi connectivity index (χ1) is 10.0. The summed E-state index contributed by atoms with van der Waals surface area (Å²) >= 11 is 0. The topological polar surface area (TPSA) is 78.4 Å². The fraction of sp³-hybridized carbons (Fsp3) is 0.500. The van der Waals surface area contributed by atoms with Crippen LogP contribution in [-0.4, -0.2) is 23.7 Å². The molecule has 1 aromatic rings. The second kappa shape index (κ2) is 9.00. The van der Waals surface area contributed by atoms with Gasteiger partial charge >= 0.3 is 12.0 Å². The lowest BCUT2D eigenvalue weighted by molar-refractivity contribution is -0.137. The van der Waals surface area contributed by atoms with Crippen molar-refractivity contribution < 1.29 is 14.7 Å². The van der Waals surface area contributed by atoms with Gasteiger partial charge in [0.2, 0.25) is 0 Å². The van der Waals surface area contributed by atoms with Crippen molar-refractivity contribution in [1.29, 1.82) is 0 Å². The number of aliphatic carboxylic acids is 1. The molecular weight excluding hydrogens is 268 g/mol. The Balaban J connectivity index is 2.41. The molecule has 0 aliphatic rings. The van der Waals surface area contributed by atoms with Crippen LogP contribution in [0.2, 0.25) is 0 Å². The Morgan fingerprint density at radius 1 is 1.29 bits per heavy atom. The first kappa shape index (κ1) is 17.0. The quantitative estimate of drug-likeness (QED) is 0.688. The highest BCUT2D eigenvalue weighted by Crippen LogP contribution is 2.16. The van der Waals surface area contributed by atoms with E-state index in [2.05, 4.69) is 17.6 Å². The maximum atomic E-state index is 11.9. The number of urea groups is 1. The van der Waals surface area contributed by atoms with E-state index in [1.807, 2.05) is 31.2 Å². The van der Waals surface area contributed by atoms with Crippen LogP contribution in [0.25, 0.3) is 0 Å². The summed E-state index contributed by atoms with van der Waals surface area (Å²) < 4.78 is 0. The van der Waals surface area contributed by atoms with E-state index in [0.29, 0.717) is 13.0 Å². The van der Waals surface area contributed by atoms with Gasteiger partial charge in [-0.2, -0.15) is 0 Å². The molecule has 5 nitrogen and oxygen atoms in total. The minimum atomic E-state index is -0.806. The van der Waals surface area contributed by atoms with Gasteiger partial charge in [0, 0.05) is 18.7 Å². The molecule has 5 heteroatoms. The van der Waals surface area contributed by atoms with Gasteiger partial charge in [-0.1, -0.05) is 38.5 Å². The number of anilines is 1. The van der Waals surface area contributed by atoms with E-state index in [4.69, 9.17) is 5.11 Å². The Bertz CT molecular complexity index is 474. The predicted octanol–water partition coefficient (Wildman–Crippen LogP) is 3.26. The second-order valence-electron chi connectivity index (χ2n) is 5.28. The van der Waals surface area contributed by atoms with E-state index >= 15 is 0 Å². The van der Waals surface area contributed by atoms with Crippen LogP contribution >= 0.6 is 0 Å². The smallest absolute Gasteiger partial charge is 0.319 e. The number of para-hydroxylation sites is 1. The molecule has 1 unspecified atom stereocenters. The van der Waals surface area contributed by atoms with E-state index in [0.717, 1.165) is 24.1 Å². The molecule has 116 valence electrons. The van der Waals surface area contributed by atoms with Crippen LogP contribution < -0.4 is 10.6 Å². The van der Waals surface area contributed by atoms with Crippen LogP contribution in [-0.2, 0) is 11.2 Å². The summed E-state index contributed by atoms with van der Waals surface area (Å²) in [7, 11) is 0. The van der Waals surface area contributed by atoms with Gasteiger partial charge in [0.15, 0.2) is 0 Å². The largest absolute Gasteiger partial charge is 0.481 e. The first-order valence-electron chi connectivity index (χ1n) is 7.37. The van der Waals surface area contributed by atoms with E-state index < -0.39 is 5.97 Å². The Morgan fingerprint density at radius 3 is 2.67 bits per heavy atom. The van der Waals surface area contributed by atoms with Crippen molar-refractivity contribution in [2.24, 2.45) is 5.92 Å². The molecule has 3 N–H and O–H groups in total. The lowest BCUT2D eigenvalue weighted by Crippen LogP contribution is -2.32. The normalized spacial score (nSPS) is 11.7. The zero-order valence-corrected chi connectivity index (χ0v) is 12.7. The number of carbonyl (C=O) groups is 2. The third kappa shape index (κ3) is 6.79. The van der Waals surface area contributed by atoms with E-state index in [1.54, 1.807) is 0 Å². The van der Waals surface area contributed by atoms with Crippen molar-refractivity contribution in [2.75, 3.05) is 11.9 Å². The first-order valence-corrected chi connectivity index (χ1v) is 7.37. The molecule has 0 saturated heterocycles. The zero-order valence-electron chi connectivity index (χ0n) is 12.7. The molecule has 0 aliphatic carbocycles. The van der Waals surface area contributed by atoms with E-state index in [-0.39, 0.29) is 18.4 Å². The fourth-order valence-corrected chi connectivity index (χ4v) is 2.03. The minimum absolute atomic E-state index is 0.129. The van der Waals surface area contributed by atoms with Gasteiger partial charge < -0.3 is 15.7 Å². The maximum absolute atomic E-state index is 11.9. The summed E-state index contributed by atoms with van der Waals surface area (Å²) in [6.45, 7) is 4.49. The molecule has 1 atom stereocenters. The van der Waals surface area contributed by atoms with Crippen LogP contribution in [0.5, 0.6) is 0 Å². The minimum Gasteiger partial charge on any atom is -0.481 e. The summed E-state index contributed by atoms with van der Waals surface area (Å²) in [4.78, 5) is 22.4. The summed E-state index contributed by atoms with van der Waals surface area (Å²) in [5, 5.41) is 14.2. The van der Waals surface area contributed by atoms with Gasteiger partial charge in [0.1, 0.15) is 0 Å². The molecule has 0 aliphatic heterocycles. The number of carboxylic acid groups (broad SMARTS) is 1. The van der Waals surface area contributed by atoms with Crippen molar-refractivity contribution in [3.05, 3.63) is 29.8 Å². The Hall–Kier alpha value is -2.04. The average molecular weight is 292 g/mol. The van der Waals surface area contributed by atoms with Gasteiger partial charge in [0.05, 0.1) is 0 Å². The summed E-state index contributed by atoms with van der Waals surface area (Å²) in [6, 6.07) is 7.50. The lowest BCUT2D eigenvalue weighted by Gasteiger charge is -2.14. The van der Waals surface area contributed by atoms with Crippen LogP contribution in [0.15, 0.2) is 24.3 Å². The zero-order chi connectivity index (χ0) is 15.7. The van der Waals surface area contributed by atoms with Gasteiger partial charge in [-0.25, -0.2) is 4.79 Å². The Kier molecular flexibility index (Phi) is 7.29. The molecule has 0 saturated carbocycles. The third-order valence-electron chi connectivity index (χ3n) is 3.25. The average Bonchev–Trinajstić information content (AvgIpc) is 2.45. The number of hydrogen-bond donors (Lipinski definition) is 3. The van der Waals surface area contributed by atoms with E-state index in [9.17, 15) is 9.59 Å². The molecule has 0 spiro atoms. The van der Waals surface area contributed by atoms with Crippen molar-refractivity contribution in [2.45, 2.75) is 39.5 Å². The van der Waals surface area contributed by atoms with Crippen molar-refractivity contribution in [1.82, 2.24) is 5.32 Å². The number of hydrogen-bond acceptors (Lipinski definition) is 2. The highest BCUT2D eigenvalue weighted by atomic mass is 16.4. The number of nitrogens with one attached hydrogen (secondary N) is 2. The van der Waals surface area contributed by atoms with Crippen molar-refractivity contribution >= 4 is 17.7 Å². The molecule has 2 amide bonds. The fourth-order valence-electron chi connectivity index (χ4n) is 2.03. The standard InChI is InChI=1S/C16H24N2O3/c1-3-6-13-7-4-5-8-14(13)18-16(21)17-11-12(2)9-10-15(19)20/h4-5,7-8,12H,3,6,9-11H2,1-2H3,(H,19,20)(H2,17,18,21). The molecular formula is C16H24N2O3. The number of aryl methyl sites for hydroxylation is 1. The second-order valence-corrected chi connectivity index (χ2v) is 5.28. The number of amides is 2. The van der Waals surface area contributed by atoms with Gasteiger partial charge in [-0.05, 0) is 30.4 Å². The summed E-state index contributed by atoms with van der Waals surface area (Å²) in [5.74, 6) is -0.669. The molecule has 21 heavy (non-hydrogen) atoms. The number of carbonyl (C=O) groups excluding carboxylic acids is 1. The molecule has 0 fully saturated rings. The summed E-state index contributed by atoms with van der Waals surface area (Å²) in [5.41, 5.74) is 1.95. The molecule has 1 aromatic carbocycles. The van der Waals surface area contributed by atoms with Crippen LogP contribution in [0.1, 0.15) is 38.7 Å². The van der Waals surface area contributed by atoms with Crippen LogP contribution in [0.3, 0.4) is 0 Å². The monoisotopic (exact) mass is 292 g/mol. The number of carboxylic acids is 1. The molecule has 0 bridgehead atoms. The number of rotatable bonds is 8. The number of benzene rings is 1. The summed E-state index contributed by atoms with van der Waals surface area (Å²) in [6.07, 6.45) is 2.63. The highest BCUT2D eigenvalue weighted by Gasteiger charge is 2.09. The third-order valence-corrected chi connectivity index (χ3v) is 3.25. The SMILES string of the molecule is CCCc1ccccc1NC(=O)NCC(C)CCC(=O)O. The maximum Gasteiger partial charge on any atom is 0.319 e. The highest BCUT2D eigenvalue weighted by molar-refractivity contribution is 5.90. The van der Waals surface area contributed by atoms with Gasteiger partial charge in [-0.3, -0.25) is 4.79 Å². The van der Waals surface area contributed by atoms with Crippen LogP contribution in [0.4, 0.5) is 10.5 Å². The van der Waals surface area contributed by atoms with Gasteiger partial charge in [-0.15, -0.1) is 0 Å². The molecule has 1 rings (SSSR count). The molecule has 0 aromatic heterocycles.